The molecule has 5 rings (SSSR count). The number of aliphatic hydroxyl groups is 1. The summed E-state index contributed by atoms with van der Waals surface area (Å²) >= 11 is 0. The molecule has 0 aromatic carbocycles. The van der Waals surface area contributed by atoms with Crippen molar-refractivity contribution in [2.45, 2.75) is 95.7 Å². The van der Waals surface area contributed by atoms with Crippen molar-refractivity contribution in [3.63, 3.8) is 0 Å². The fourth-order valence-electron chi connectivity index (χ4n) is 8.68. The van der Waals surface area contributed by atoms with Gasteiger partial charge < -0.3 is 20.0 Å². The molecule has 1 aromatic heterocycles. The molecule has 8 atom stereocenters. The number of furan rings is 1. The standard InChI is InChI=1S/C26H41NO3/c1-24-10-6-20(30-14-3-13-27)16-19(24)4-5-23-22(24)7-11-25(2)21(8-12-26(23,25)28)18-9-15-29-17-18/h9,15,17,19-23,28H,3-8,10-14,16,27H2,1-2H3/t19-,20+,21-,22+,23-,24+,25-,26+/m1/s1. The van der Waals surface area contributed by atoms with Gasteiger partial charge in [-0.25, -0.2) is 0 Å². The summed E-state index contributed by atoms with van der Waals surface area (Å²) in [5, 5.41) is 12.3. The number of nitrogens with two attached hydrogens (primary N) is 1. The highest BCUT2D eigenvalue weighted by Gasteiger charge is 2.67. The minimum Gasteiger partial charge on any atom is -0.472 e. The smallest absolute Gasteiger partial charge is 0.0937 e. The minimum atomic E-state index is -0.527. The van der Waals surface area contributed by atoms with Crippen LogP contribution in [-0.2, 0) is 4.74 Å². The van der Waals surface area contributed by atoms with Gasteiger partial charge in [0.15, 0.2) is 0 Å². The fraction of sp³-hybridized carbons (Fsp3) is 0.846. The quantitative estimate of drug-likeness (QED) is 0.644. The highest BCUT2D eigenvalue weighted by molar-refractivity contribution is 5.26. The maximum Gasteiger partial charge on any atom is 0.0937 e. The van der Waals surface area contributed by atoms with Crippen molar-refractivity contribution in [3.05, 3.63) is 24.2 Å². The normalized spacial score (nSPS) is 48.1. The third-order valence-electron chi connectivity index (χ3n) is 10.5. The first kappa shape index (κ1) is 21.0. The number of fused-ring (bicyclic) bond motifs is 5. The number of rotatable bonds is 5. The van der Waals surface area contributed by atoms with E-state index in [0.717, 1.165) is 44.8 Å². The lowest BCUT2D eigenvalue weighted by molar-refractivity contribution is -0.207. The molecule has 4 saturated carbocycles. The van der Waals surface area contributed by atoms with Crippen LogP contribution in [0, 0.1) is 28.6 Å². The summed E-state index contributed by atoms with van der Waals surface area (Å²) in [7, 11) is 0. The zero-order valence-electron chi connectivity index (χ0n) is 18.9. The molecule has 0 saturated heterocycles. The molecule has 3 N–H and O–H groups in total. The lowest BCUT2D eigenvalue weighted by Gasteiger charge is -2.63. The summed E-state index contributed by atoms with van der Waals surface area (Å²) in [5.74, 6) is 2.28. The Morgan fingerprint density at radius 3 is 2.73 bits per heavy atom. The van der Waals surface area contributed by atoms with Crippen LogP contribution in [0.4, 0.5) is 0 Å². The van der Waals surface area contributed by atoms with Gasteiger partial charge in [0.05, 0.1) is 24.2 Å². The zero-order chi connectivity index (χ0) is 21.0. The van der Waals surface area contributed by atoms with E-state index in [9.17, 15) is 5.11 Å². The second-order valence-corrected chi connectivity index (χ2v) is 11.4. The van der Waals surface area contributed by atoms with Gasteiger partial charge in [-0.3, -0.25) is 0 Å². The van der Waals surface area contributed by atoms with Crippen molar-refractivity contribution in [1.82, 2.24) is 0 Å². The number of ether oxygens (including phenoxy) is 1. The molecule has 1 aromatic rings. The highest BCUT2D eigenvalue weighted by atomic mass is 16.5. The highest BCUT2D eigenvalue weighted by Crippen LogP contribution is 2.70. The van der Waals surface area contributed by atoms with Crippen LogP contribution >= 0.6 is 0 Å². The first-order chi connectivity index (χ1) is 14.4. The zero-order valence-corrected chi connectivity index (χ0v) is 18.9. The molecule has 0 bridgehead atoms. The molecule has 4 nitrogen and oxygen atoms in total. The number of hydrogen-bond donors (Lipinski definition) is 2. The van der Waals surface area contributed by atoms with Gasteiger partial charge in [-0.1, -0.05) is 13.8 Å². The van der Waals surface area contributed by atoms with Crippen LogP contribution < -0.4 is 5.73 Å². The summed E-state index contributed by atoms with van der Waals surface area (Å²) in [5.41, 5.74) is 6.75. The number of hydrogen-bond acceptors (Lipinski definition) is 4. The predicted molar refractivity (Wildman–Crippen MR) is 118 cm³/mol. The van der Waals surface area contributed by atoms with Crippen molar-refractivity contribution in [2.75, 3.05) is 13.2 Å². The monoisotopic (exact) mass is 415 g/mol. The Hall–Kier alpha value is -0.840. The van der Waals surface area contributed by atoms with Gasteiger partial charge in [-0.15, -0.1) is 0 Å². The van der Waals surface area contributed by atoms with Crippen molar-refractivity contribution in [3.8, 4) is 0 Å². The molecule has 0 radical (unpaired) electrons. The summed E-state index contributed by atoms with van der Waals surface area (Å²) in [4.78, 5) is 0. The molecule has 4 heteroatoms. The summed E-state index contributed by atoms with van der Waals surface area (Å²) in [6.07, 6.45) is 15.6. The van der Waals surface area contributed by atoms with Crippen LogP contribution in [0.25, 0.3) is 0 Å². The summed E-state index contributed by atoms with van der Waals surface area (Å²) in [6, 6.07) is 2.12. The Morgan fingerprint density at radius 2 is 1.97 bits per heavy atom. The van der Waals surface area contributed by atoms with Crippen LogP contribution in [0.3, 0.4) is 0 Å². The van der Waals surface area contributed by atoms with Gasteiger partial charge in [-0.05, 0) is 111 Å². The molecule has 0 aliphatic heterocycles. The van der Waals surface area contributed by atoms with E-state index in [2.05, 4.69) is 19.9 Å². The first-order valence-corrected chi connectivity index (χ1v) is 12.5. The lowest BCUT2D eigenvalue weighted by Crippen LogP contribution is -2.62. The maximum atomic E-state index is 12.3. The minimum absolute atomic E-state index is 0.0240. The Balaban J connectivity index is 1.35. The average Bonchev–Trinajstić information content (AvgIpc) is 3.34. The second-order valence-electron chi connectivity index (χ2n) is 11.4. The molecule has 168 valence electrons. The Labute approximate surface area is 181 Å². The molecule has 4 aliphatic carbocycles. The van der Waals surface area contributed by atoms with Crippen LogP contribution in [0.2, 0.25) is 0 Å². The van der Waals surface area contributed by atoms with Crippen molar-refractivity contribution in [2.24, 2.45) is 34.3 Å². The van der Waals surface area contributed by atoms with E-state index in [1.807, 2.05) is 6.26 Å². The van der Waals surface area contributed by atoms with E-state index in [4.69, 9.17) is 14.9 Å². The fourth-order valence-corrected chi connectivity index (χ4v) is 8.68. The van der Waals surface area contributed by atoms with Gasteiger partial charge in [0.1, 0.15) is 0 Å². The van der Waals surface area contributed by atoms with Crippen molar-refractivity contribution < 1.29 is 14.3 Å². The van der Waals surface area contributed by atoms with E-state index < -0.39 is 5.60 Å². The second kappa shape index (κ2) is 7.64. The lowest BCUT2D eigenvalue weighted by atomic mass is 9.43. The van der Waals surface area contributed by atoms with Gasteiger partial charge in [0, 0.05) is 12.0 Å². The molecule has 0 amide bonds. The third kappa shape index (κ3) is 2.97. The van der Waals surface area contributed by atoms with Gasteiger partial charge in [-0.2, -0.15) is 0 Å². The molecule has 4 fully saturated rings. The molecule has 1 heterocycles. The van der Waals surface area contributed by atoms with Crippen molar-refractivity contribution in [1.29, 1.82) is 0 Å². The molecule has 30 heavy (non-hydrogen) atoms. The molecule has 0 unspecified atom stereocenters. The maximum absolute atomic E-state index is 12.3. The summed E-state index contributed by atoms with van der Waals surface area (Å²) in [6.45, 7) is 6.46. The van der Waals surface area contributed by atoms with Crippen LogP contribution in [0.5, 0.6) is 0 Å². The SMILES string of the molecule is C[C@]12CC[C@H](OCCCN)C[C@H]1CC[C@@H]1[C@@H]2CC[C@]2(C)[C@@H](c3ccoc3)CC[C@]12O. The van der Waals surface area contributed by atoms with Gasteiger partial charge in [0.2, 0.25) is 0 Å². The first-order valence-electron chi connectivity index (χ1n) is 12.5. The van der Waals surface area contributed by atoms with E-state index in [0.29, 0.717) is 29.3 Å². The molecule has 4 aliphatic rings. The Morgan fingerprint density at radius 1 is 1.10 bits per heavy atom. The Kier molecular flexibility index (Phi) is 5.35. The van der Waals surface area contributed by atoms with E-state index in [-0.39, 0.29) is 5.41 Å². The van der Waals surface area contributed by atoms with Crippen LogP contribution in [0.15, 0.2) is 23.0 Å². The van der Waals surface area contributed by atoms with E-state index in [1.54, 1.807) is 6.26 Å². The van der Waals surface area contributed by atoms with Crippen LogP contribution in [-0.4, -0.2) is 30.0 Å². The van der Waals surface area contributed by atoms with E-state index in [1.165, 1.54) is 44.1 Å². The molecule has 0 spiro atoms. The molecular weight excluding hydrogens is 374 g/mol. The third-order valence-corrected chi connectivity index (χ3v) is 10.5. The average molecular weight is 416 g/mol. The van der Waals surface area contributed by atoms with Crippen molar-refractivity contribution >= 4 is 0 Å². The van der Waals surface area contributed by atoms with Gasteiger partial charge in [0.25, 0.3) is 0 Å². The van der Waals surface area contributed by atoms with Crippen LogP contribution in [0.1, 0.15) is 89.5 Å². The molecular formula is C26H41NO3. The largest absolute Gasteiger partial charge is 0.472 e. The Bertz CT molecular complexity index is 735. The summed E-state index contributed by atoms with van der Waals surface area (Å²) < 4.78 is 11.6. The predicted octanol–water partition coefficient (Wildman–Crippen LogP) is 5.25. The topological polar surface area (TPSA) is 68.6 Å². The van der Waals surface area contributed by atoms with Gasteiger partial charge >= 0.3 is 0 Å². The van der Waals surface area contributed by atoms with E-state index >= 15 is 0 Å².